The molecule has 0 bridgehead atoms. The highest BCUT2D eigenvalue weighted by Crippen LogP contribution is 2.12. The summed E-state index contributed by atoms with van der Waals surface area (Å²) < 4.78 is 10.8. The molecule has 2 aromatic carbocycles. The van der Waals surface area contributed by atoms with Crippen molar-refractivity contribution >= 4 is 12.0 Å². The van der Waals surface area contributed by atoms with Crippen molar-refractivity contribution in [2.75, 3.05) is 6.61 Å². The van der Waals surface area contributed by atoms with E-state index in [1.54, 1.807) is 54.6 Å². The lowest BCUT2D eigenvalue weighted by Gasteiger charge is -2.25. The molecule has 0 aromatic heterocycles. The first-order valence-electron chi connectivity index (χ1n) is 9.35. The molecule has 2 N–H and O–H groups in total. The number of amides is 2. The number of nitrogens with zero attached hydrogens (tertiary/aromatic N) is 1. The smallest absolute Gasteiger partial charge is 0.419 e. The number of hydrogen-bond donors (Lipinski definition) is 2. The number of nitrogens with one attached hydrogen (secondary N) is 2. The van der Waals surface area contributed by atoms with E-state index in [1.807, 2.05) is 20.8 Å². The van der Waals surface area contributed by atoms with Crippen LogP contribution < -0.4 is 20.1 Å². The highest BCUT2D eigenvalue weighted by atomic mass is 16.6. The van der Waals surface area contributed by atoms with E-state index < -0.39 is 18.0 Å². The molecule has 0 radical (unpaired) electrons. The highest BCUT2D eigenvalue weighted by Gasteiger charge is 2.26. The molecule has 2 aromatic rings. The molecular weight excluding hydrogens is 370 g/mol. The van der Waals surface area contributed by atoms with Gasteiger partial charge >= 0.3 is 6.09 Å². The minimum absolute atomic E-state index is 0.0584. The molecular formula is C22H25N3O4. The number of ether oxygens (including phenoxy) is 2. The highest BCUT2D eigenvalue weighted by molar-refractivity contribution is 5.95. The van der Waals surface area contributed by atoms with Crippen molar-refractivity contribution in [3.8, 4) is 17.6 Å². The van der Waals surface area contributed by atoms with Gasteiger partial charge in [-0.2, -0.15) is 5.26 Å². The maximum atomic E-state index is 12.5. The molecule has 0 heterocycles. The largest absolute Gasteiger partial charge is 0.492 e. The predicted octanol–water partition coefficient (Wildman–Crippen LogP) is 3.25. The first-order valence-corrected chi connectivity index (χ1v) is 9.35. The van der Waals surface area contributed by atoms with Gasteiger partial charge in [0.1, 0.15) is 18.1 Å². The molecule has 2 rings (SSSR count). The summed E-state index contributed by atoms with van der Waals surface area (Å²) in [5, 5.41) is 14.3. The van der Waals surface area contributed by atoms with E-state index in [4.69, 9.17) is 14.7 Å². The Morgan fingerprint density at radius 2 is 1.66 bits per heavy atom. The molecule has 0 spiro atoms. The van der Waals surface area contributed by atoms with Crippen LogP contribution in [-0.2, 0) is 4.79 Å². The van der Waals surface area contributed by atoms with Gasteiger partial charge in [-0.05, 0) is 49.2 Å². The van der Waals surface area contributed by atoms with Gasteiger partial charge in [0.2, 0.25) is 5.91 Å². The molecule has 0 aliphatic rings. The van der Waals surface area contributed by atoms with Gasteiger partial charge in [0.15, 0.2) is 0 Å². The number of hydrogen-bond acceptors (Lipinski definition) is 6. The number of para-hydroxylation sites is 1. The van der Waals surface area contributed by atoms with Gasteiger partial charge in [-0.25, -0.2) is 4.79 Å². The van der Waals surface area contributed by atoms with E-state index in [1.165, 1.54) is 0 Å². The minimum atomic E-state index is -0.824. The molecule has 0 saturated carbocycles. The number of carbonyl (C=O) groups is 2. The van der Waals surface area contributed by atoms with Crippen molar-refractivity contribution in [2.24, 2.45) is 5.92 Å². The molecule has 7 nitrogen and oxygen atoms in total. The van der Waals surface area contributed by atoms with Crippen LogP contribution in [0, 0.1) is 17.2 Å². The standard InChI is InChI=1S/C22H25N3O4/c1-15(2)20(21(26)25-22(27)29-19-7-5-4-6-8-19)24-16(3)14-28-18-11-9-17(13-23)10-12-18/h4-12,15-16,20,24H,14H2,1-3H3,(H,25,26,27)/t16?,20-/m0/s1. The molecule has 29 heavy (non-hydrogen) atoms. The van der Waals surface area contributed by atoms with Gasteiger partial charge in [-0.1, -0.05) is 32.0 Å². The molecule has 0 fully saturated rings. The van der Waals surface area contributed by atoms with Gasteiger partial charge < -0.3 is 9.47 Å². The van der Waals surface area contributed by atoms with E-state index in [2.05, 4.69) is 16.7 Å². The molecule has 2 atom stereocenters. The fraction of sp³-hybridized carbons (Fsp3) is 0.318. The SMILES string of the molecule is CC(COc1ccc(C#N)cc1)N[C@H](C(=O)NC(=O)Oc1ccccc1)C(C)C. The second-order valence-electron chi connectivity index (χ2n) is 6.93. The van der Waals surface area contributed by atoms with Crippen molar-refractivity contribution in [1.29, 1.82) is 5.26 Å². The number of carbonyl (C=O) groups excluding carboxylic acids is 2. The van der Waals surface area contributed by atoms with Crippen LogP contribution in [0.2, 0.25) is 0 Å². The van der Waals surface area contributed by atoms with Crippen LogP contribution in [-0.4, -0.2) is 30.7 Å². The third-order valence-corrected chi connectivity index (χ3v) is 4.08. The Morgan fingerprint density at radius 1 is 1.00 bits per heavy atom. The van der Waals surface area contributed by atoms with Gasteiger partial charge in [-0.15, -0.1) is 0 Å². The summed E-state index contributed by atoms with van der Waals surface area (Å²) in [4.78, 5) is 24.5. The molecule has 2 amide bonds. The molecule has 0 aliphatic heterocycles. The summed E-state index contributed by atoms with van der Waals surface area (Å²) in [6.45, 7) is 5.97. The zero-order valence-corrected chi connectivity index (χ0v) is 16.7. The van der Waals surface area contributed by atoms with Crippen LogP contribution >= 0.6 is 0 Å². The Balaban J connectivity index is 1.86. The Bertz CT molecular complexity index is 845. The zero-order valence-electron chi connectivity index (χ0n) is 16.7. The van der Waals surface area contributed by atoms with E-state index in [-0.39, 0.29) is 12.0 Å². The summed E-state index contributed by atoms with van der Waals surface area (Å²) in [6.07, 6.45) is -0.824. The van der Waals surface area contributed by atoms with Crippen LogP contribution in [0.15, 0.2) is 54.6 Å². The predicted molar refractivity (Wildman–Crippen MR) is 108 cm³/mol. The van der Waals surface area contributed by atoms with E-state index >= 15 is 0 Å². The summed E-state index contributed by atoms with van der Waals surface area (Å²) in [5.41, 5.74) is 0.558. The van der Waals surface area contributed by atoms with E-state index in [0.29, 0.717) is 23.7 Å². The lowest BCUT2D eigenvalue weighted by atomic mass is 10.0. The molecule has 1 unspecified atom stereocenters. The third kappa shape index (κ3) is 7.28. The van der Waals surface area contributed by atoms with Gasteiger partial charge in [0, 0.05) is 6.04 Å². The van der Waals surface area contributed by atoms with Gasteiger partial charge in [-0.3, -0.25) is 15.4 Å². The lowest BCUT2D eigenvalue weighted by molar-refractivity contribution is -0.123. The fourth-order valence-corrected chi connectivity index (χ4v) is 2.57. The monoisotopic (exact) mass is 395 g/mol. The van der Waals surface area contributed by atoms with Crippen molar-refractivity contribution in [3.63, 3.8) is 0 Å². The lowest BCUT2D eigenvalue weighted by Crippen LogP contribution is -2.53. The van der Waals surface area contributed by atoms with Gasteiger partial charge in [0.25, 0.3) is 0 Å². The zero-order chi connectivity index (χ0) is 21.2. The molecule has 152 valence electrons. The van der Waals surface area contributed by atoms with Crippen LogP contribution in [0.3, 0.4) is 0 Å². The molecule has 0 aliphatic carbocycles. The average molecular weight is 395 g/mol. The Morgan fingerprint density at radius 3 is 2.24 bits per heavy atom. The summed E-state index contributed by atoms with van der Waals surface area (Å²) in [7, 11) is 0. The Hall–Kier alpha value is -3.37. The van der Waals surface area contributed by atoms with Crippen LogP contribution in [0.4, 0.5) is 4.79 Å². The maximum Gasteiger partial charge on any atom is 0.419 e. The van der Waals surface area contributed by atoms with Crippen molar-refractivity contribution in [2.45, 2.75) is 32.9 Å². The van der Waals surface area contributed by atoms with E-state index in [0.717, 1.165) is 0 Å². The number of nitriles is 1. The maximum absolute atomic E-state index is 12.5. The summed E-state index contributed by atoms with van der Waals surface area (Å²) in [6, 6.07) is 16.6. The average Bonchev–Trinajstić information content (AvgIpc) is 2.71. The second-order valence-corrected chi connectivity index (χ2v) is 6.93. The first kappa shape index (κ1) is 21.9. The number of rotatable bonds is 8. The fourth-order valence-electron chi connectivity index (χ4n) is 2.57. The number of benzene rings is 2. The Kier molecular flexibility index (Phi) is 8.19. The Labute approximate surface area is 170 Å². The summed E-state index contributed by atoms with van der Waals surface area (Å²) in [5.74, 6) is 0.466. The van der Waals surface area contributed by atoms with Crippen LogP contribution in [0.5, 0.6) is 11.5 Å². The van der Waals surface area contributed by atoms with Crippen LogP contribution in [0.25, 0.3) is 0 Å². The third-order valence-electron chi connectivity index (χ3n) is 4.08. The van der Waals surface area contributed by atoms with Crippen molar-refractivity contribution in [1.82, 2.24) is 10.6 Å². The molecule has 7 heteroatoms. The molecule has 0 saturated heterocycles. The van der Waals surface area contributed by atoms with Crippen molar-refractivity contribution < 1.29 is 19.1 Å². The van der Waals surface area contributed by atoms with E-state index in [9.17, 15) is 9.59 Å². The first-order chi connectivity index (χ1) is 13.9. The normalized spacial score (nSPS) is 12.5. The van der Waals surface area contributed by atoms with Crippen LogP contribution in [0.1, 0.15) is 26.3 Å². The van der Waals surface area contributed by atoms with Crippen molar-refractivity contribution in [3.05, 3.63) is 60.2 Å². The minimum Gasteiger partial charge on any atom is -0.492 e. The second kappa shape index (κ2) is 10.8. The number of imide groups is 1. The quantitative estimate of drug-likeness (QED) is 0.712. The topological polar surface area (TPSA) is 100 Å². The van der Waals surface area contributed by atoms with Gasteiger partial charge in [0.05, 0.1) is 17.7 Å². The summed E-state index contributed by atoms with van der Waals surface area (Å²) >= 11 is 0.